The first-order valence-corrected chi connectivity index (χ1v) is 15.6. The van der Waals surface area contributed by atoms with Gasteiger partial charge in [-0.2, -0.15) is 20.5 Å². The van der Waals surface area contributed by atoms with Crippen molar-refractivity contribution in [3.8, 4) is 18.1 Å². The molecule has 0 saturated carbocycles. The number of piperazine rings is 1. The molecule has 43 heavy (non-hydrogen) atoms. The summed E-state index contributed by atoms with van der Waals surface area (Å²) in [6.45, 7) is 10.8. The molecule has 4 aliphatic rings. The molecule has 3 aliphatic heterocycles. The minimum absolute atomic E-state index is 0.136. The molecule has 1 amide bonds. The Morgan fingerprint density at radius 3 is 2.74 bits per heavy atom. The molecule has 6 rings (SSSR count). The number of anilines is 1. The molecule has 4 heterocycles. The number of nitrogens with zero attached hydrogens (tertiary/aromatic N) is 8. The summed E-state index contributed by atoms with van der Waals surface area (Å²) in [6.07, 6.45) is 7.74. The highest BCUT2D eigenvalue weighted by molar-refractivity contribution is 5.87. The molecule has 0 N–H and O–H groups in total. The zero-order valence-corrected chi connectivity index (χ0v) is 24.9. The third-order valence-electron chi connectivity index (χ3n) is 9.50. The molecular formula is C33H40N8O2. The number of rotatable bonds is 8. The topological polar surface area (TPSA) is 113 Å². The number of benzene rings is 1. The van der Waals surface area contributed by atoms with E-state index in [2.05, 4.69) is 39.5 Å². The second-order valence-electron chi connectivity index (χ2n) is 12.1. The van der Waals surface area contributed by atoms with Crippen molar-refractivity contribution in [2.75, 3.05) is 57.3 Å². The van der Waals surface area contributed by atoms with Crippen LogP contribution in [0.3, 0.4) is 0 Å². The van der Waals surface area contributed by atoms with Gasteiger partial charge in [-0.05, 0) is 74.5 Å². The minimum Gasteiger partial charge on any atom is -0.462 e. The first-order chi connectivity index (χ1) is 21.1. The number of nitriles is 2. The molecule has 224 valence electrons. The predicted octanol–water partition coefficient (Wildman–Crippen LogP) is 2.86. The largest absolute Gasteiger partial charge is 0.462 e. The molecule has 2 aromatic rings. The van der Waals surface area contributed by atoms with E-state index >= 15 is 0 Å². The smallest absolute Gasteiger partial charge is 0.318 e. The van der Waals surface area contributed by atoms with Gasteiger partial charge in [0.05, 0.1) is 35.9 Å². The second-order valence-corrected chi connectivity index (χ2v) is 12.1. The Balaban J connectivity index is 1.24. The summed E-state index contributed by atoms with van der Waals surface area (Å²) in [5, 5.41) is 18.9. The number of hydrogen-bond donors (Lipinski definition) is 0. The number of likely N-dealkylation sites (tertiary alicyclic amines) is 1. The van der Waals surface area contributed by atoms with E-state index < -0.39 is 0 Å². The Morgan fingerprint density at radius 2 is 1.95 bits per heavy atom. The van der Waals surface area contributed by atoms with E-state index in [0.29, 0.717) is 43.9 Å². The van der Waals surface area contributed by atoms with Crippen LogP contribution >= 0.6 is 0 Å². The number of carbonyl (C=O) groups excluding carboxylic acids is 1. The molecule has 10 heteroatoms. The average molecular weight is 581 g/mol. The van der Waals surface area contributed by atoms with Gasteiger partial charge in [-0.1, -0.05) is 12.6 Å². The molecule has 2 atom stereocenters. The number of carbonyl (C=O) groups is 1. The summed E-state index contributed by atoms with van der Waals surface area (Å²) >= 11 is 0. The van der Waals surface area contributed by atoms with Gasteiger partial charge < -0.3 is 14.5 Å². The van der Waals surface area contributed by atoms with Gasteiger partial charge >= 0.3 is 6.01 Å². The average Bonchev–Trinajstić information content (AvgIpc) is 3.57. The maximum Gasteiger partial charge on any atom is 0.318 e. The monoisotopic (exact) mass is 580 g/mol. The van der Waals surface area contributed by atoms with E-state index in [-0.39, 0.29) is 18.4 Å². The summed E-state index contributed by atoms with van der Waals surface area (Å²) in [6, 6.07) is 11.2. The van der Waals surface area contributed by atoms with Gasteiger partial charge in [0.15, 0.2) is 0 Å². The normalized spacial score (nSPS) is 22.3. The van der Waals surface area contributed by atoms with Crippen LogP contribution in [0, 0.1) is 22.7 Å². The van der Waals surface area contributed by atoms with Gasteiger partial charge in [0.25, 0.3) is 0 Å². The van der Waals surface area contributed by atoms with Crippen LogP contribution in [0.4, 0.5) is 5.82 Å². The van der Waals surface area contributed by atoms with Crippen LogP contribution in [0.5, 0.6) is 6.01 Å². The summed E-state index contributed by atoms with van der Waals surface area (Å²) < 4.78 is 6.20. The van der Waals surface area contributed by atoms with E-state index in [1.54, 1.807) is 4.90 Å². The van der Waals surface area contributed by atoms with Crippen molar-refractivity contribution >= 4 is 11.7 Å². The molecule has 1 unspecified atom stereocenters. The zero-order chi connectivity index (χ0) is 29.8. The zero-order valence-electron chi connectivity index (χ0n) is 24.9. The van der Waals surface area contributed by atoms with Gasteiger partial charge in [0.1, 0.15) is 12.4 Å². The van der Waals surface area contributed by atoms with E-state index in [4.69, 9.17) is 14.7 Å². The van der Waals surface area contributed by atoms with Crippen LogP contribution in [0.2, 0.25) is 0 Å². The highest BCUT2D eigenvalue weighted by Crippen LogP contribution is 2.34. The maximum absolute atomic E-state index is 12.5. The van der Waals surface area contributed by atoms with Gasteiger partial charge in [0, 0.05) is 57.3 Å². The van der Waals surface area contributed by atoms with Crippen molar-refractivity contribution < 1.29 is 9.53 Å². The number of amides is 1. The third kappa shape index (κ3) is 6.36. The minimum atomic E-state index is -0.225. The van der Waals surface area contributed by atoms with Crippen LogP contribution in [0.15, 0.2) is 30.9 Å². The Labute approximate surface area is 254 Å². The van der Waals surface area contributed by atoms with E-state index in [1.165, 1.54) is 30.0 Å². The standard InChI is InChI=1S/C33H40N8O2/c1-2-31(42)41-16-15-40(23-28(41)9-11-34)32-29-8-7-27(39-14-10-25-6-5-24(21-35)19-26(25)22-39)20-30(29)36-33(37-32)43-18-17-38-12-3-4-13-38/h2,5-6,19,27-28H,1,3-4,7-10,12-18,20,22-23H2/t27?,28-/m0/s1. The number of ether oxygens (including phenoxy) is 1. The van der Waals surface area contributed by atoms with E-state index in [1.807, 2.05) is 12.1 Å². The van der Waals surface area contributed by atoms with E-state index in [9.17, 15) is 15.3 Å². The molecule has 0 radical (unpaired) electrons. The van der Waals surface area contributed by atoms with Gasteiger partial charge in [-0.3, -0.25) is 14.6 Å². The summed E-state index contributed by atoms with van der Waals surface area (Å²) in [5.41, 5.74) is 5.50. The predicted molar refractivity (Wildman–Crippen MR) is 162 cm³/mol. The quantitative estimate of drug-likeness (QED) is 0.435. The maximum atomic E-state index is 12.5. The summed E-state index contributed by atoms with van der Waals surface area (Å²) in [5.74, 6) is 0.749. The van der Waals surface area contributed by atoms with Crippen LogP contribution in [0.1, 0.15) is 53.6 Å². The van der Waals surface area contributed by atoms with Crippen LogP contribution in [-0.4, -0.2) is 95.1 Å². The van der Waals surface area contributed by atoms with Crippen LogP contribution in [-0.2, 0) is 30.6 Å². The number of hydrogen-bond acceptors (Lipinski definition) is 9. The highest BCUT2D eigenvalue weighted by Gasteiger charge is 2.35. The molecule has 0 bridgehead atoms. The Hall–Kier alpha value is -3.99. The SMILES string of the molecule is C=CC(=O)N1CCN(c2nc(OCCN3CCCC3)nc3c2CCC(N2CCc4ccc(C#N)cc4C2)C3)C[C@@H]1CC#N. The molecule has 1 aromatic carbocycles. The fourth-order valence-electron chi connectivity index (χ4n) is 7.16. The molecule has 1 aliphatic carbocycles. The first kappa shape index (κ1) is 29.1. The van der Waals surface area contributed by atoms with Crippen molar-refractivity contribution in [2.45, 2.75) is 63.6 Å². The second kappa shape index (κ2) is 13.1. The Bertz CT molecular complexity index is 1440. The third-order valence-corrected chi connectivity index (χ3v) is 9.50. The van der Waals surface area contributed by atoms with Gasteiger partial charge in [-0.15, -0.1) is 0 Å². The van der Waals surface area contributed by atoms with Crippen LogP contribution < -0.4 is 9.64 Å². The van der Waals surface area contributed by atoms with Gasteiger partial charge in [-0.25, -0.2) is 0 Å². The van der Waals surface area contributed by atoms with Crippen molar-refractivity contribution in [3.05, 3.63) is 58.8 Å². The molecular weight excluding hydrogens is 540 g/mol. The van der Waals surface area contributed by atoms with Crippen molar-refractivity contribution in [1.29, 1.82) is 10.5 Å². The van der Waals surface area contributed by atoms with Crippen molar-refractivity contribution in [1.82, 2.24) is 24.7 Å². The summed E-state index contributed by atoms with van der Waals surface area (Å²) in [4.78, 5) is 31.4. The summed E-state index contributed by atoms with van der Waals surface area (Å²) in [7, 11) is 0. The molecule has 10 nitrogen and oxygen atoms in total. The fraction of sp³-hybridized carbons (Fsp3) is 0.545. The fourth-order valence-corrected chi connectivity index (χ4v) is 7.16. The lowest BCUT2D eigenvalue weighted by Crippen LogP contribution is -2.55. The molecule has 0 spiro atoms. The molecule has 1 aromatic heterocycles. The lowest BCUT2D eigenvalue weighted by Gasteiger charge is -2.42. The number of fused-ring (bicyclic) bond motifs is 2. The lowest BCUT2D eigenvalue weighted by molar-refractivity contribution is -0.128. The Kier molecular flexibility index (Phi) is 8.87. The molecule has 2 fully saturated rings. The van der Waals surface area contributed by atoms with Gasteiger partial charge in [0.2, 0.25) is 5.91 Å². The first-order valence-electron chi connectivity index (χ1n) is 15.6. The Morgan fingerprint density at radius 1 is 1.09 bits per heavy atom. The van der Waals surface area contributed by atoms with Crippen molar-refractivity contribution in [3.63, 3.8) is 0 Å². The number of aromatic nitrogens is 2. The lowest BCUT2D eigenvalue weighted by atomic mass is 9.88. The highest BCUT2D eigenvalue weighted by atomic mass is 16.5. The molecule has 2 saturated heterocycles. The van der Waals surface area contributed by atoms with Crippen molar-refractivity contribution in [2.24, 2.45) is 0 Å². The van der Waals surface area contributed by atoms with E-state index in [0.717, 1.165) is 75.5 Å². The van der Waals surface area contributed by atoms with Crippen LogP contribution in [0.25, 0.3) is 0 Å².